The first-order chi connectivity index (χ1) is 9.97. The highest BCUT2D eigenvalue weighted by molar-refractivity contribution is 8.00. The number of hydrogen-bond donors (Lipinski definition) is 2. The Morgan fingerprint density at radius 2 is 2.00 bits per heavy atom. The number of rotatable bonds is 5. The maximum atomic E-state index is 12.3. The molecule has 2 N–H and O–H groups in total. The van der Waals surface area contributed by atoms with E-state index in [0.717, 1.165) is 10.5 Å². The topological polar surface area (TPSA) is 66.4 Å². The van der Waals surface area contributed by atoms with Gasteiger partial charge in [-0.15, -0.1) is 11.8 Å². The lowest BCUT2D eigenvalue weighted by Gasteiger charge is -2.15. The number of amides is 1. The Hall–Kier alpha value is -1.49. The fourth-order valence-electron chi connectivity index (χ4n) is 2.45. The third-order valence-corrected chi connectivity index (χ3v) is 5.11. The zero-order valence-electron chi connectivity index (χ0n) is 12.4. The van der Waals surface area contributed by atoms with Crippen molar-refractivity contribution < 1.29 is 14.7 Å². The highest BCUT2D eigenvalue weighted by Crippen LogP contribution is 2.36. The summed E-state index contributed by atoms with van der Waals surface area (Å²) in [6.45, 7) is 3.40. The largest absolute Gasteiger partial charge is 0.480 e. The van der Waals surface area contributed by atoms with Gasteiger partial charge in [-0.05, 0) is 38.8 Å². The van der Waals surface area contributed by atoms with Crippen LogP contribution in [0.1, 0.15) is 48.5 Å². The van der Waals surface area contributed by atoms with E-state index >= 15 is 0 Å². The number of aryl methyl sites for hydroxylation is 1. The van der Waals surface area contributed by atoms with Gasteiger partial charge in [0.1, 0.15) is 6.04 Å². The fraction of sp³-hybridized carbons (Fsp3) is 0.500. The second-order valence-electron chi connectivity index (χ2n) is 5.56. The van der Waals surface area contributed by atoms with Gasteiger partial charge in [-0.25, -0.2) is 0 Å². The molecule has 4 nitrogen and oxygen atoms in total. The van der Waals surface area contributed by atoms with E-state index in [-0.39, 0.29) is 5.91 Å². The van der Waals surface area contributed by atoms with E-state index in [9.17, 15) is 9.59 Å². The van der Waals surface area contributed by atoms with Gasteiger partial charge in [0.2, 0.25) is 0 Å². The van der Waals surface area contributed by atoms with Crippen LogP contribution < -0.4 is 5.32 Å². The van der Waals surface area contributed by atoms with E-state index in [4.69, 9.17) is 5.11 Å². The predicted octanol–water partition coefficient (Wildman–Crippen LogP) is 3.23. The van der Waals surface area contributed by atoms with Crippen molar-refractivity contribution in [3.63, 3.8) is 0 Å². The van der Waals surface area contributed by atoms with Gasteiger partial charge in [0.15, 0.2) is 0 Å². The van der Waals surface area contributed by atoms with Crippen LogP contribution in [0.3, 0.4) is 0 Å². The zero-order valence-corrected chi connectivity index (χ0v) is 13.2. The molecule has 0 aromatic heterocycles. The molecule has 1 saturated carbocycles. The Balaban J connectivity index is 2.17. The van der Waals surface area contributed by atoms with Gasteiger partial charge in [-0.1, -0.05) is 24.5 Å². The van der Waals surface area contributed by atoms with Crippen molar-refractivity contribution in [2.75, 3.05) is 0 Å². The Morgan fingerprint density at radius 1 is 1.33 bits per heavy atom. The number of carbonyl (C=O) groups is 2. The van der Waals surface area contributed by atoms with Crippen LogP contribution >= 0.6 is 11.8 Å². The van der Waals surface area contributed by atoms with Crippen molar-refractivity contribution in [2.24, 2.45) is 0 Å². The zero-order chi connectivity index (χ0) is 15.4. The molecule has 1 atom stereocenters. The summed E-state index contributed by atoms with van der Waals surface area (Å²) in [5, 5.41) is 12.0. The molecule has 114 valence electrons. The number of hydrogen-bond acceptors (Lipinski definition) is 3. The van der Waals surface area contributed by atoms with Gasteiger partial charge < -0.3 is 10.4 Å². The molecule has 0 saturated heterocycles. The summed E-state index contributed by atoms with van der Waals surface area (Å²) >= 11 is 1.74. The SMILES string of the molecule is Cc1ccc(SC2CCCC2)c(C(=O)N[C@@H](C)C(=O)O)c1. The van der Waals surface area contributed by atoms with E-state index in [1.807, 2.05) is 25.1 Å². The summed E-state index contributed by atoms with van der Waals surface area (Å²) in [5.41, 5.74) is 1.58. The van der Waals surface area contributed by atoms with E-state index < -0.39 is 12.0 Å². The van der Waals surface area contributed by atoms with Gasteiger partial charge in [-0.2, -0.15) is 0 Å². The maximum Gasteiger partial charge on any atom is 0.325 e. The number of aliphatic carboxylic acids is 1. The van der Waals surface area contributed by atoms with Gasteiger partial charge in [-0.3, -0.25) is 9.59 Å². The molecule has 0 heterocycles. The van der Waals surface area contributed by atoms with Crippen LogP contribution in [0.25, 0.3) is 0 Å². The van der Waals surface area contributed by atoms with Crippen molar-refractivity contribution in [1.82, 2.24) is 5.32 Å². The summed E-state index contributed by atoms with van der Waals surface area (Å²) in [4.78, 5) is 24.1. The highest BCUT2D eigenvalue weighted by Gasteiger charge is 2.22. The van der Waals surface area contributed by atoms with Crippen LogP contribution in [0.15, 0.2) is 23.1 Å². The molecule has 1 fully saturated rings. The van der Waals surface area contributed by atoms with Gasteiger partial charge in [0.05, 0.1) is 5.56 Å². The Morgan fingerprint density at radius 3 is 2.62 bits per heavy atom. The lowest BCUT2D eigenvalue weighted by molar-refractivity contribution is -0.138. The molecule has 0 aliphatic heterocycles. The van der Waals surface area contributed by atoms with Crippen molar-refractivity contribution in [1.29, 1.82) is 0 Å². The van der Waals surface area contributed by atoms with Crippen LogP contribution in [0.4, 0.5) is 0 Å². The Kier molecular flexibility index (Phi) is 5.28. The quantitative estimate of drug-likeness (QED) is 0.876. The smallest absolute Gasteiger partial charge is 0.325 e. The molecule has 1 aliphatic carbocycles. The number of carbonyl (C=O) groups excluding carboxylic acids is 1. The molecule has 1 aromatic carbocycles. The molecule has 2 rings (SSSR count). The fourth-order valence-corrected chi connectivity index (χ4v) is 3.80. The predicted molar refractivity (Wildman–Crippen MR) is 83.9 cm³/mol. The molecule has 0 radical (unpaired) electrons. The molecule has 1 aliphatic rings. The molecule has 0 unspecified atom stereocenters. The Labute approximate surface area is 129 Å². The molecule has 5 heteroatoms. The molecule has 0 spiro atoms. The first kappa shape index (κ1) is 15.9. The summed E-state index contributed by atoms with van der Waals surface area (Å²) in [6.07, 6.45) is 4.87. The third kappa shape index (κ3) is 4.24. The van der Waals surface area contributed by atoms with Crippen LogP contribution in [-0.2, 0) is 4.79 Å². The normalized spacial score (nSPS) is 16.7. The number of thioether (sulfide) groups is 1. The van der Waals surface area contributed by atoms with Gasteiger partial charge in [0, 0.05) is 10.1 Å². The molecule has 0 bridgehead atoms. The molecule has 1 amide bonds. The lowest BCUT2D eigenvalue weighted by atomic mass is 10.1. The first-order valence-corrected chi connectivity index (χ1v) is 8.16. The average molecular weight is 307 g/mol. The number of benzene rings is 1. The van der Waals surface area contributed by atoms with Crippen LogP contribution in [0.5, 0.6) is 0 Å². The monoisotopic (exact) mass is 307 g/mol. The number of carboxylic acid groups (broad SMARTS) is 1. The average Bonchev–Trinajstić information content (AvgIpc) is 2.93. The minimum absolute atomic E-state index is 0.311. The van der Waals surface area contributed by atoms with Crippen molar-refractivity contribution in [3.8, 4) is 0 Å². The third-order valence-electron chi connectivity index (χ3n) is 3.69. The summed E-state index contributed by atoms with van der Waals surface area (Å²) in [5.74, 6) is -1.34. The highest BCUT2D eigenvalue weighted by atomic mass is 32.2. The molecular formula is C16H21NO3S. The van der Waals surface area contributed by atoms with E-state index in [2.05, 4.69) is 5.32 Å². The van der Waals surface area contributed by atoms with Crippen LogP contribution in [0, 0.1) is 6.92 Å². The van der Waals surface area contributed by atoms with Crippen molar-refractivity contribution in [2.45, 2.75) is 55.7 Å². The first-order valence-electron chi connectivity index (χ1n) is 7.28. The van der Waals surface area contributed by atoms with Crippen LogP contribution in [0.2, 0.25) is 0 Å². The summed E-state index contributed by atoms with van der Waals surface area (Å²) in [7, 11) is 0. The van der Waals surface area contributed by atoms with Gasteiger partial charge in [0.25, 0.3) is 5.91 Å². The maximum absolute atomic E-state index is 12.3. The lowest BCUT2D eigenvalue weighted by Crippen LogP contribution is -2.38. The molecule has 1 aromatic rings. The van der Waals surface area contributed by atoms with Crippen LogP contribution in [-0.4, -0.2) is 28.3 Å². The van der Waals surface area contributed by atoms with E-state index in [1.165, 1.54) is 32.6 Å². The van der Waals surface area contributed by atoms with Gasteiger partial charge >= 0.3 is 5.97 Å². The van der Waals surface area contributed by atoms with Crippen molar-refractivity contribution >= 4 is 23.6 Å². The number of carboxylic acids is 1. The molecule has 21 heavy (non-hydrogen) atoms. The standard InChI is InChI=1S/C16H21NO3S/c1-10-7-8-14(21-12-5-3-4-6-12)13(9-10)15(18)17-11(2)16(19)20/h7-9,11-12H,3-6H2,1-2H3,(H,17,18)(H,19,20)/t11-/m0/s1. The second-order valence-corrected chi connectivity index (χ2v) is 6.90. The molecular weight excluding hydrogens is 286 g/mol. The second kappa shape index (κ2) is 6.98. The number of nitrogens with one attached hydrogen (secondary N) is 1. The Bertz CT molecular complexity index is 538. The van der Waals surface area contributed by atoms with Crippen molar-refractivity contribution in [3.05, 3.63) is 29.3 Å². The van der Waals surface area contributed by atoms with E-state index in [0.29, 0.717) is 10.8 Å². The summed E-state index contributed by atoms with van der Waals surface area (Å²) < 4.78 is 0. The minimum Gasteiger partial charge on any atom is -0.480 e. The van der Waals surface area contributed by atoms with E-state index in [1.54, 1.807) is 11.8 Å². The minimum atomic E-state index is -1.03. The summed E-state index contributed by atoms with van der Waals surface area (Å²) in [6, 6.07) is 4.91.